The number of carbonyl (C=O) groups excluding carboxylic acids is 1. The topological polar surface area (TPSA) is 87.7 Å². The van der Waals surface area contributed by atoms with E-state index in [1.807, 2.05) is 43.3 Å². The predicted octanol–water partition coefficient (Wildman–Crippen LogP) is 2.83. The summed E-state index contributed by atoms with van der Waals surface area (Å²) in [5.41, 5.74) is 1.18. The second-order valence-corrected chi connectivity index (χ2v) is 9.90. The highest BCUT2D eigenvalue weighted by atomic mass is 35.5. The maximum atomic E-state index is 12.7. The van der Waals surface area contributed by atoms with E-state index in [-0.39, 0.29) is 35.1 Å². The van der Waals surface area contributed by atoms with Crippen molar-refractivity contribution in [1.82, 2.24) is 14.9 Å². The molecule has 1 aliphatic heterocycles. The maximum absolute atomic E-state index is 12.7. The highest BCUT2D eigenvalue weighted by Gasteiger charge is 2.22. The van der Waals surface area contributed by atoms with Crippen molar-refractivity contribution in [3.05, 3.63) is 64.7 Å². The summed E-state index contributed by atoms with van der Waals surface area (Å²) in [4.78, 5) is 14.8. The first-order valence-electron chi connectivity index (χ1n) is 10.2. The minimum Gasteiger partial charge on any atom is -0.377 e. The Balaban J connectivity index is 1.67. The lowest BCUT2D eigenvalue weighted by Crippen LogP contribution is -2.35. The summed E-state index contributed by atoms with van der Waals surface area (Å²) >= 11 is 6.32. The third kappa shape index (κ3) is 6.27. The quantitative estimate of drug-likeness (QED) is 0.594. The van der Waals surface area contributed by atoms with E-state index in [2.05, 4.69) is 10.0 Å². The molecule has 1 saturated heterocycles. The number of sulfonamides is 1. The van der Waals surface area contributed by atoms with Gasteiger partial charge in [0, 0.05) is 30.3 Å². The number of carbonyl (C=O) groups is 1. The summed E-state index contributed by atoms with van der Waals surface area (Å²) in [5, 5.41) is 3.51. The van der Waals surface area contributed by atoms with Gasteiger partial charge in [0.25, 0.3) is 5.91 Å². The molecule has 2 aromatic rings. The smallest absolute Gasteiger partial charge is 0.251 e. The number of hydrogen-bond donors (Lipinski definition) is 2. The average Bonchev–Trinajstić information content (AvgIpc) is 3.27. The number of hydrogen-bond acceptors (Lipinski definition) is 5. The third-order valence-corrected chi connectivity index (χ3v) is 7.04. The van der Waals surface area contributed by atoms with Crippen LogP contribution in [0.1, 0.15) is 34.8 Å². The lowest BCUT2D eigenvalue weighted by Gasteiger charge is -2.26. The van der Waals surface area contributed by atoms with Gasteiger partial charge in [0.1, 0.15) is 0 Å². The van der Waals surface area contributed by atoms with Gasteiger partial charge in [0.15, 0.2) is 0 Å². The molecule has 7 nitrogen and oxygen atoms in total. The van der Waals surface area contributed by atoms with Crippen LogP contribution in [-0.4, -0.2) is 59.1 Å². The first-order chi connectivity index (χ1) is 14.8. The van der Waals surface area contributed by atoms with Crippen LogP contribution in [-0.2, 0) is 14.8 Å². The van der Waals surface area contributed by atoms with Crippen molar-refractivity contribution in [1.29, 1.82) is 0 Å². The van der Waals surface area contributed by atoms with Crippen molar-refractivity contribution in [2.24, 2.45) is 0 Å². The average molecular weight is 466 g/mol. The molecular weight excluding hydrogens is 438 g/mol. The van der Waals surface area contributed by atoms with E-state index in [9.17, 15) is 13.2 Å². The molecular formula is C22H28ClN3O4S. The van der Waals surface area contributed by atoms with Crippen LogP contribution in [0, 0.1) is 0 Å². The van der Waals surface area contributed by atoms with Gasteiger partial charge in [-0.05, 0) is 56.8 Å². The van der Waals surface area contributed by atoms with E-state index < -0.39 is 10.0 Å². The molecule has 1 heterocycles. The Bertz CT molecular complexity index is 1010. The van der Waals surface area contributed by atoms with Crippen LogP contribution < -0.4 is 10.0 Å². The van der Waals surface area contributed by atoms with E-state index in [0.29, 0.717) is 18.2 Å². The predicted molar refractivity (Wildman–Crippen MR) is 121 cm³/mol. The number of nitrogens with one attached hydrogen (secondary N) is 2. The van der Waals surface area contributed by atoms with Gasteiger partial charge in [-0.25, -0.2) is 13.1 Å². The van der Waals surface area contributed by atoms with E-state index in [0.717, 1.165) is 18.4 Å². The van der Waals surface area contributed by atoms with Gasteiger partial charge < -0.3 is 15.0 Å². The molecule has 2 aromatic carbocycles. The summed E-state index contributed by atoms with van der Waals surface area (Å²) in [6, 6.07) is 13.4. The van der Waals surface area contributed by atoms with E-state index >= 15 is 0 Å². The minimum atomic E-state index is -3.73. The van der Waals surface area contributed by atoms with Crippen LogP contribution in [0.2, 0.25) is 5.02 Å². The van der Waals surface area contributed by atoms with Gasteiger partial charge in [0.2, 0.25) is 10.0 Å². The molecule has 9 heteroatoms. The lowest BCUT2D eigenvalue weighted by atomic mass is 10.1. The molecule has 1 fully saturated rings. The molecule has 0 radical (unpaired) electrons. The summed E-state index contributed by atoms with van der Waals surface area (Å²) in [6.07, 6.45) is 1.67. The highest BCUT2D eigenvalue weighted by Crippen LogP contribution is 2.25. The first-order valence-corrected chi connectivity index (χ1v) is 12.0. The van der Waals surface area contributed by atoms with E-state index in [1.165, 1.54) is 12.1 Å². The Kier molecular flexibility index (Phi) is 8.07. The standard InChI is InChI=1S/C22H28ClN3O4S/c1-26(2)21(19-10-3-4-11-20(19)23)15-24-22(27)16-7-5-9-18(13-16)31(28,29)25-14-17-8-6-12-30-17/h3-5,7,9-11,13,17,21,25H,6,8,12,14-15H2,1-2H3,(H,24,27). The number of halogens is 1. The Morgan fingerprint density at radius 2 is 2.00 bits per heavy atom. The van der Waals surface area contributed by atoms with Crippen LogP contribution >= 0.6 is 11.6 Å². The second-order valence-electron chi connectivity index (χ2n) is 7.73. The van der Waals surface area contributed by atoms with Gasteiger partial charge in [-0.15, -0.1) is 0 Å². The van der Waals surface area contributed by atoms with Crippen molar-refractivity contribution < 1.29 is 17.9 Å². The lowest BCUT2D eigenvalue weighted by molar-refractivity contribution is 0.0941. The van der Waals surface area contributed by atoms with Crippen molar-refractivity contribution in [3.63, 3.8) is 0 Å². The normalized spacial score (nSPS) is 17.6. The zero-order chi connectivity index (χ0) is 22.4. The van der Waals surface area contributed by atoms with Gasteiger partial charge in [0.05, 0.1) is 17.0 Å². The molecule has 2 N–H and O–H groups in total. The van der Waals surface area contributed by atoms with E-state index in [4.69, 9.17) is 16.3 Å². The largest absolute Gasteiger partial charge is 0.377 e. The molecule has 0 spiro atoms. The fourth-order valence-corrected chi connectivity index (χ4v) is 4.88. The molecule has 31 heavy (non-hydrogen) atoms. The molecule has 2 atom stereocenters. The Morgan fingerprint density at radius 3 is 2.68 bits per heavy atom. The van der Waals surface area contributed by atoms with Gasteiger partial charge >= 0.3 is 0 Å². The van der Waals surface area contributed by atoms with Crippen LogP contribution in [0.3, 0.4) is 0 Å². The van der Waals surface area contributed by atoms with Crippen LogP contribution in [0.4, 0.5) is 0 Å². The van der Waals surface area contributed by atoms with Crippen LogP contribution in [0.15, 0.2) is 53.4 Å². The number of amides is 1. The van der Waals surface area contributed by atoms with Crippen molar-refractivity contribution >= 4 is 27.5 Å². The number of likely N-dealkylation sites (N-methyl/N-ethyl adjacent to an activating group) is 1. The zero-order valence-electron chi connectivity index (χ0n) is 17.7. The monoisotopic (exact) mass is 465 g/mol. The van der Waals surface area contributed by atoms with Crippen molar-refractivity contribution in [2.45, 2.75) is 29.9 Å². The first kappa shape index (κ1) is 23.7. The Hall–Kier alpha value is -1.97. The number of nitrogens with zero attached hydrogens (tertiary/aromatic N) is 1. The number of rotatable bonds is 9. The molecule has 0 saturated carbocycles. The van der Waals surface area contributed by atoms with Crippen molar-refractivity contribution in [3.8, 4) is 0 Å². The summed E-state index contributed by atoms with van der Waals surface area (Å²) in [5.74, 6) is -0.352. The maximum Gasteiger partial charge on any atom is 0.251 e. The fourth-order valence-electron chi connectivity index (χ4n) is 3.50. The number of ether oxygens (including phenoxy) is 1. The zero-order valence-corrected chi connectivity index (χ0v) is 19.2. The summed E-state index contributed by atoms with van der Waals surface area (Å²) in [6.45, 7) is 1.20. The SMILES string of the molecule is CN(C)C(CNC(=O)c1cccc(S(=O)(=O)NCC2CCCO2)c1)c1ccccc1Cl. The Morgan fingerprint density at radius 1 is 1.23 bits per heavy atom. The molecule has 2 unspecified atom stereocenters. The van der Waals surface area contributed by atoms with E-state index in [1.54, 1.807) is 12.1 Å². The highest BCUT2D eigenvalue weighted by molar-refractivity contribution is 7.89. The fraction of sp³-hybridized carbons (Fsp3) is 0.409. The van der Waals surface area contributed by atoms with Gasteiger partial charge in [-0.3, -0.25) is 4.79 Å². The van der Waals surface area contributed by atoms with Crippen molar-refractivity contribution in [2.75, 3.05) is 33.8 Å². The molecule has 0 bridgehead atoms. The summed E-state index contributed by atoms with van der Waals surface area (Å²) < 4.78 is 33.3. The van der Waals surface area contributed by atoms with Gasteiger partial charge in [-0.2, -0.15) is 0 Å². The summed E-state index contributed by atoms with van der Waals surface area (Å²) in [7, 11) is 0.0868. The van der Waals surface area contributed by atoms with Gasteiger partial charge in [-0.1, -0.05) is 35.9 Å². The molecule has 1 amide bonds. The minimum absolute atomic E-state index is 0.0495. The van der Waals surface area contributed by atoms with Crippen LogP contribution in [0.25, 0.3) is 0 Å². The molecule has 3 rings (SSSR count). The van der Waals surface area contributed by atoms with Crippen LogP contribution in [0.5, 0.6) is 0 Å². The second kappa shape index (κ2) is 10.6. The molecule has 0 aromatic heterocycles. The molecule has 1 aliphatic rings. The molecule has 0 aliphatic carbocycles. The molecule has 168 valence electrons. The third-order valence-electron chi connectivity index (χ3n) is 5.28. The number of benzene rings is 2. The Labute approximate surface area is 188 Å².